The molecule has 0 unspecified atom stereocenters. The molecule has 2 amide bonds. The van der Waals surface area contributed by atoms with E-state index in [4.69, 9.17) is 0 Å². The number of carbonyl (C=O) groups is 2. The van der Waals surface area contributed by atoms with Crippen molar-refractivity contribution in [3.63, 3.8) is 0 Å². The van der Waals surface area contributed by atoms with Gasteiger partial charge < -0.3 is 10.6 Å². The van der Waals surface area contributed by atoms with Gasteiger partial charge in [0.1, 0.15) is 0 Å². The molecular weight excluding hydrogens is 330 g/mol. The van der Waals surface area contributed by atoms with E-state index >= 15 is 0 Å². The molecule has 3 heterocycles. The minimum absolute atomic E-state index is 0.0102. The first-order valence-corrected chi connectivity index (χ1v) is 8.58. The fourth-order valence-electron chi connectivity index (χ4n) is 3.11. The molecule has 132 valence electrons. The van der Waals surface area contributed by atoms with Crippen LogP contribution in [0.3, 0.4) is 0 Å². The van der Waals surface area contributed by atoms with Crippen LogP contribution in [0.15, 0.2) is 36.7 Å². The molecule has 7 heteroatoms. The standard InChI is InChI=1S/C19H19N5O2/c1-11(2)24-18-14(9-21-24)8-15(10-20-18)22-19(26)13-3-5-16-12(7-13)4-6-17(25)23-16/h3,5,7-11H,4,6H2,1-2H3,(H,22,26)(H,23,25). The van der Waals surface area contributed by atoms with E-state index in [2.05, 4.69) is 20.7 Å². The van der Waals surface area contributed by atoms with E-state index in [9.17, 15) is 9.59 Å². The number of amides is 2. The Morgan fingerprint density at radius 2 is 2.08 bits per heavy atom. The van der Waals surface area contributed by atoms with E-state index < -0.39 is 0 Å². The summed E-state index contributed by atoms with van der Waals surface area (Å²) in [6.45, 7) is 4.09. The SMILES string of the molecule is CC(C)n1ncc2cc(NC(=O)c3ccc4c(c3)CCC(=O)N4)cnc21. The number of fused-ring (bicyclic) bond motifs is 2. The monoisotopic (exact) mass is 349 g/mol. The van der Waals surface area contributed by atoms with Crippen LogP contribution in [0.25, 0.3) is 11.0 Å². The number of aryl methyl sites for hydroxylation is 1. The average Bonchev–Trinajstić information content (AvgIpc) is 3.04. The highest BCUT2D eigenvalue weighted by molar-refractivity contribution is 6.05. The number of nitrogens with one attached hydrogen (secondary N) is 2. The highest BCUT2D eigenvalue weighted by atomic mass is 16.2. The van der Waals surface area contributed by atoms with Crippen molar-refractivity contribution in [2.24, 2.45) is 0 Å². The van der Waals surface area contributed by atoms with E-state index in [0.717, 1.165) is 22.3 Å². The maximum Gasteiger partial charge on any atom is 0.255 e. The highest BCUT2D eigenvalue weighted by Crippen LogP contribution is 2.24. The molecule has 2 aromatic heterocycles. The number of pyridine rings is 1. The van der Waals surface area contributed by atoms with Gasteiger partial charge in [0.2, 0.25) is 5.91 Å². The summed E-state index contributed by atoms with van der Waals surface area (Å²) in [6.07, 6.45) is 4.47. The third kappa shape index (κ3) is 2.92. The van der Waals surface area contributed by atoms with Crippen LogP contribution in [0, 0.1) is 0 Å². The molecule has 3 aromatic rings. The van der Waals surface area contributed by atoms with E-state index in [0.29, 0.717) is 24.1 Å². The Balaban J connectivity index is 1.56. The smallest absolute Gasteiger partial charge is 0.255 e. The van der Waals surface area contributed by atoms with Gasteiger partial charge in [0.05, 0.1) is 18.1 Å². The third-order valence-electron chi connectivity index (χ3n) is 4.44. The van der Waals surface area contributed by atoms with Crippen molar-refractivity contribution < 1.29 is 9.59 Å². The molecule has 26 heavy (non-hydrogen) atoms. The Labute approximate surface area is 150 Å². The van der Waals surface area contributed by atoms with Gasteiger partial charge >= 0.3 is 0 Å². The minimum Gasteiger partial charge on any atom is -0.326 e. The number of anilines is 2. The normalized spacial score (nSPS) is 13.6. The Kier molecular flexibility index (Phi) is 3.91. The number of hydrogen-bond acceptors (Lipinski definition) is 4. The first-order valence-electron chi connectivity index (χ1n) is 8.58. The van der Waals surface area contributed by atoms with Gasteiger partial charge in [-0.05, 0) is 50.1 Å². The maximum atomic E-state index is 12.6. The molecule has 0 fully saturated rings. The van der Waals surface area contributed by atoms with Crippen LogP contribution in [0.1, 0.15) is 42.2 Å². The molecule has 2 N–H and O–H groups in total. The van der Waals surface area contributed by atoms with Crippen molar-refractivity contribution in [2.45, 2.75) is 32.7 Å². The van der Waals surface area contributed by atoms with Gasteiger partial charge in [-0.15, -0.1) is 0 Å². The predicted molar refractivity (Wildman–Crippen MR) is 99.3 cm³/mol. The van der Waals surface area contributed by atoms with Gasteiger partial charge in [0, 0.05) is 29.1 Å². The molecule has 1 aliphatic heterocycles. The molecule has 0 saturated carbocycles. The largest absolute Gasteiger partial charge is 0.326 e. The summed E-state index contributed by atoms with van der Waals surface area (Å²) in [6, 6.07) is 7.40. The van der Waals surface area contributed by atoms with Gasteiger partial charge in [0.25, 0.3) is 5.91 Å². The summed E-state index contributed by atoms with van der Waals surface area (Å²) in [4.78, 5) is 28.4. The molecule has 1 aromatic carbocycles. The minimum atomic E-state index is -0.206. The lowest BCUT2D eigenvalue weighted by atomic mass is 10.00. The van der Waals surface area contributed by atoms with E-state index in [-0.39, 0.29) is 17.9 Å². The van der Waals surface area contributed by atoms with Crippen LogP contribution in [0.4, 0.5) is 11.4 Å². The fraction of sp³-hybridized carbons (Fsp3) is 0.263. The first kappa shape index (κ1) is 16.3. The second kappa shape index (κ2) is 6.25. The molecular formula is C19H19N5O2. The Morgan fingerprint density at radius 1 is 1.23 bits per heavy atom. The average molecular weight is 349 g/mol. The van der Waals surface area contributed by atoms with E-state index in [1.54, 1.807) is 24.5 Å². The Bertz CT molecular complexity index is 1020. The van der Waals surface area contributed by atoms with Crippen molar-refractivity contribution in [1.82, 2.24) is 14.8 Å². The second-order valence-corrected chi connectivity index (χ2v) is 6.69. The Hall–Kier alpha value is -3.22. The fourth-order valence-corrected chi connectivity index (χ4v) is 3.11. The van der Waals surface area contributed by atoms with Crippen molar-refractivity contribution in [3.05, 3.63) is 47.8 Å². The molecule has 0 aliphatic carbocycles. The molecule has 0 bridgehead atoms. The van der Waals surface area contributed by atoms with Crippen molar-refractivity contribution in [3.8, 4) is 0 Å². The molecule has 4 rings (SSSR count). The van der Waals surface area contributed by atoms with Gasteiger partial charge in [-0.1, -0.05) is 0 Å². The molecule has 0 atom stereocenters. The van der Waals surface area contributed by atoms with Crippen LogP contribution in [-0.4, -0.2) is 26.6 Å². The summed E-state index contributed by atoms with van der Waals surface area (Å²) < 4.78 is 1.85. The lowest BCUT2D eigenvalue weighted by Gasteiger charge is -2.17. The van der Waals surface area contributed by atoms with Crippen molar-refractivity contribution in [2.75, 3.05) is 10.6 Å². The summed E-state index contributed by atoms with van der Waals surface area (Å²) in [5.74, 6) is -0.196. The van der Waals surface area contributed by atoms with Crippen LogP contribution < -0.4 is 10.6 Å². The van der Waals surface area contributed by atoms with Crippen LogP contribution in [0.2, 0.25) is 0 Å². The summed E-state index contributed by atoms with van der Waals surface area (Å²) >= 11 is 0. The first-order chi connectivity index (χ1) is 12.5. The van der Waals surface area contributed by atoms with E-state index in [1.165, 1.54) is 0 Å². The molecule has 7 nitrogen and oxygen atoms in total. The number of rotatable bonds is 3. The topological polar surface area (TPSA) is 88.9 Å². The lowest BCUT2D eigenvalue weighted by Crippen LogP contribution is -2.20. The number of hydrogen-bond donors (Lipinski definition) is 2. The Morgan fingerprint density at radius 3 is 2.88 bits per heavy atom. The highest BCUT2D eigenvalue weighted by Gasteiger charge is 2.17. The zero-order valence-corrected chi connectivity index (χ0v) is 14.6. The molecule has 0 spiro atoms. The van der Waals surface area contributed by atoms with Crippen molar-refractivity contribution in [1.29, 1.82) is 0 Å². The second-order valence-electron chi connectivity index (χ2n) is 6.69. The summed E-state index contributed by atoms with van der Waals surface area (Å²) in [5.41, 5.74) is 3.73. The quantitative estimate of drug-likeness (QED) is 0.760. The zero-order valence-electron chi connectivity index (χ0n) is 14.6. The predicted octanol–water partition coefficient (Wildman–Crippen LogP) is 3.15. The third-order valence-corrected chi connectivity index (χ3v) is 4.44. The molecule has 0 saturated heterocycles. The zero-order chi connectivity index (χ0) is 18.3. The lowest BCUT2D eigenvalue weighted by molar-refractivity contribution is -0.116. The van der Waals surface area contributed by atoms with Gasteiger partial charge in [-0.3, -0.25) is 9.59 Å². The summed E-state index contributed by atoms with van der Waals surface area (Å²) in [7, 11) is 0. The van der Waals surface area contributed by atoms with Gasteiger partial charge in [-0.2, -0.15) is 5.10 Å². The van der Waals surface area contributed by atoms with Crippen LogP contribution in [-0.2, 0) is 11.2 Å². The number of carbonyl (C=O) groups excluding carboxylic acids is 2. The molecule has 1 aliphatic rings. The van der Waals surface area contributed by atoms with Gasteiger partial charge in [-0.25, -0.2) is 9.67 Å². The maximum absolute atomic E-state index is 12.6. The number of benzene rings is 1. The summed E-state index contributed by atoms with van der Waals surface area (Å²) in [5, 5.41) is 10.9. The van der Waals surface area contributed by atoms with Gasteiger partial charge in [0.15, 0.2) is 5.65 Å². The van der Waals surface area contributed by atoms with Crippen molar-refractivity contribution >= 4 is 34.2 Å². The van der Waals surface area contributed by atoms with E-state index in [1.807, 2.05) is 30.7 Å². The molecule has 0 radical (unpaired) electrons. The van der Waals surface area contributed by atoms with Crippen LogP contribution >= 0.6 is 0 Å². The number of aromatic nitrogens is 3. The van der Waals surface area contributed by atoms with Crippen LogP contribution in [0.5, 0.6) is 0 Å². The number of nitrogens with zero attached hydrogens (tertiary/aromatic N) is 3.